The first kappa shape index (κ1) is 13.6. The molecule has 3 atom stereocenters. The molecule has 0 saturated heterocycles. The number of rotatable bonds is 5. The summed E-state index contributed by atoms with van der Waals surface area (Å²) in [5.74, 6) is -3.20. The van der Waals surface area contributed by atoms with E-state index in [1.165, 1.54) is 14.0 Å². The van der Waals surface area contributed by atoms with Gasteiger partial charge < -0.3 is 15.6 Å². The van der Waals surface area contributed by atoms with E-state index >= 15 is 0 Å². The predicted octanol–water partition coefficient (Wildman–Crippen LogP) is 0.400. The first-order valence-corrected chi connectivity index (χ1v) is 4.54. The summed E-state index contributed by atoms with van der Waals surface area (Å²) in [4.78, 5) is 22.1. The minimum absolute atomic E-state index is 0.422. The van der Waals surface area contributed by atoms with Crippen molar-refractivity contribution in [2.45, 2.75) is 19.9 Å². The van der Waals surface area contributed by atoms with E-state index in [0.717, 1.165) is 0 Å². The van der Waals surface area contributed by atoms with E-state index < -0.39 is 29.8 Å². The Bertz CT molecular complexity index is 261. The van der Waals surface area contributed by atoms with Crippen LogP contribution < -0.4 is 5.73 Å². The first-order chi connectivity index (χ1) is 6.82. The van der Waals surface area contributed by atoms with Crippen molar-refractivity contribution < 1.29 is 19.4 Å². The molecule has 0 unspecified atom stereocenters. The van der Waals surface area contributed by atoms with E-state index in [-0.39, 0.29) is 0 Å². The lowest BCUT2D eigenvalue weighted by Gasteiger charge is -2.24. The Morgan fingerprint density at radius 3 is 2.20 bits per heavy atom. The van der Waals surface area contributed by atoms with Crippen LogP contribution in [-0.2, 0) is 14.3 Å². The van der Waals surface area contributed by atoms with Crippen LogP contribution in [0.5, 0.6) is 0 Å². The summed E-state index contributed by atoms with van der Waals surface area (Å²) in [5.41, 5.74) is 6.12. The van der Waals surface area contributed by atoms with Gasteiger partial charge in [-0.25, -0.2) is 0 Å². The van der Waals surface area contributed by atoms with Crippen LogP contribution in [-0.4, -0.2) is 30.2 Å². The van der Waals surface area contributed by atoms with E-state index in [2.05, 4.69) is 11.3 Å². The Balaban J connectivity index is 4.78. The number of carboxylic acid groups (broad SMARTS) is 1. The maximum absolute atomic E-state index is 11.2. The van der Waals surface area contributed by atoms with Gasteiger partial charge >= 0.3 is 11.9 Å². The van der Waals surface area contributed by atoms with Gasteiger partial charge in [-0.2, -0.15) is 0 Å². The number of esters is 1. The van der Waals surface area contributed by atoms with Gasteiger partial charge in [0.2, 0.25) is 0 Å². The summed E-state index contributed by atoms with van der Waals surface area (Å²) in [5, 5.41) is 8.92. The molecule has 0 rings (SSSR count). The highest BCUT2D eigenvalue weighted by atomic mass is 16.5. The van der Waals surface area contributed by atoms with Gasteiger partial charge in [0.15, 0.2) is 0 Å². The summed E-state index contributed by atoms with van der Waals surface area (Å²) in [6.45, 7) is 6.66. The van der Waals surface area contributed by atoms with Crippen LogP contribution in [0.2, 0.25) is 0 Å². The van der Waals surface area contributed by atoms with Gasteiger partial charge in [-0.15, -0.1) is 0 Å². The van der Waals surface area contributed by atoms with E-state index in [1.54, 1.807) is 6.92 Å². The van der Waals surface area contributed by atoms with Gasteiger partial charge in [0.05, 0.1) is 18.9 Å². The maximum Gasteiger partial charge on any atom is 0.312 e. The van der Waals surface area contributed by atoms with Gasteiger partial charge in [-0.3, -0.25) is 9.59 Å². The summed E-state index contributed by atoms with van der Waals surface area (Å²) in [6.07, 6.45) is 0. The lowest BCUT2D eigenvalue weighted by Crippen LogP contribution is -2.44. The lowest BCUT2D eigenvalue weighted by atomic mass is 9.86. The second kappa shape index (κ2) is 5.50. The molecule has 0 aliphatic heterocycles. The van der Waals surface area contributed by atoms with Crippen molar-refractivity contribution >= 4 is 11.9 Å². The number of ether oxygens (including phenoxy) is 1. The third-order valence-corrected chi connectivity index (χ3v) is 2.33. The quantitative estimate of drug-likeness (QED) is 0.511. The van der Waals surface area contributed by atoms with Crippen LogP contribution in [0.3, 0.4) is 0 Å². The van der Waals surface area contributed by atoms with E-state index in [4.69, 9.17) is 10.8 Å². The highest BCUT2D eigenvalue weighted by molar-refractivity contribution is 5.78. The fraction of sp³-hybridized carbons (Fsp3) is 0.600. The molecule has 0 aliphatic rings. The summed E-state index contributed by atoms with van der Waals surface area (Å²) < 4.78 is 4.50. The number of carbonyl (C=O) groups is 2. The Hall–Kier alpha value is -1.36. The molecule has 0 bridgehead atoms. The van der Waals surface area contributed by atoms with Crippen molar-refractivity contribution in [3.63, 3.8) is 0 Å². The van der Waals surface area contributed by atoms with Crippen molar-refractivity contribution in [3.8, 4) is 0 Å². The highest BCUT2D eigenvalue weighted by Gasteiger charge is 2.33. The molecule has 0 aromatic rings. The van der Waals surface area contributed by atoms with Crippen LogP contribution in [0.1, 0.15) is 13.8 Å². The smallest absolute Gasteiger partial charge is 0.312 e. The molecular formula is C10H17NO4. The molecule has 0 aromatic carbocycles. The summed E-state index contributed by atoms with van der Waals surface area (Å²) >= 11 is 0. The molecule has 5 heteroatoms. The summed E-state index contributed by atoms with van der Waals surface area (Å²) in [7, 11) is 1.24. The molecule has 0 fully saturated rings. The molecule has 5 nitrogen and oxygen atoms in total. The van der Waals surface area contributed by atoms with Gasteiger partial charge in [-0.1, -0.05) is 19.1 Å². The topological polar surface area (TPSA) is 89.6 Å². The number of hydrogen-bond donors (Lipinski definition) is 2. The minimum atomic E-state index is -1.08. The van der Waals surface area contributed by atoms with Crippen molar-refractivity contribution in [2.24, 2.45) is 17.6 Å². The second-order valence-corrected chi connectivity index (χ2v) is 3.55. The number of nitrogens with two attached hydrogens (primary N) is 1. The molecule has 3 N–H and O–H groups in total. The van der Waals surface area contributed by atoms with Gasteiger partial charge in [-0.05, 0) is 6.92 Å². The summed E-state index contributed by atoms with van der Waals surface area (Å²) in [6, 6.07) is -0.826. The molecule has 0 aromatic heterocycles. The minimum Gasteiger partial charge on any atom is -0.481 e. The van der Waals surface area contributed by atoms with E-state index in [1.807, 2.05) is 0 Å². The predicted molar refractivity (Wildman–Crippen MR) is 55.1 cm³/mol. The monoisotopic (exact) mass is 215 g/mol. The van der Waals surface area contributed by atoms with Crippen molar-refractivity contribution in [1.82, 2.24) is 0 Å². The molecule has 86 valence electrons. The van der Waals surface area contributed by atoms with Crippen LogP contribution in [0.25, 0.3) is 0 Å². The Morgan fingerprint density at radius 2 is 1.93 bits per heavy atom. The third kappa shape index (κ3) is 3.36. The maximum atomic E-state index is 11.2. The van der Waals surface area contributed by atoms with Crippen molar-refractivity contribution in [1.29, 1.82) is 0 Å². The Kier molecular flexibility index (Phi) is 5.00. The van der Waals surface area contributed by atoms with Gasteiger partial charge in [0.1, 0.15) is 0 Å². The van der Waals surface area contributed by atoms with Crippen LogP contribution in [0.15, 0.2) is 12.2 Å². The Morgan fingerprint density at radius 1 is 1.47 bits per heavy atom. The van der Waals surface area contributed by atoms with E-state index in [9.17, 15) is 9.59 Å². The van der Waals surface area contributed by atoms with Gasteiger partial charge in [0, 0.05) is 6.04 Å². The number of hydrogen-bond acceptors (Lipinski definition) is 4. The number of methoxy groups -OCH3 is 1. The molecule has 0 amide bonds. The normalized spacial score (nSPS) is 16.3. The fourth-order valence-corrected chi connectivity index (χ4v) is 1.34. The molecule has 0 heterocycles. The molecule has 15 heavy (non-hydrogen) atoms. The van der Waals surface area contributed by atoms with Crippen molar-refractivity contribution in [2.75, 3.05) is 7.11 Å². The molecule has 0 saturated carbocycles. The zero-order valence-corrected chi connectivity index (χ0v) is 9.19. The second-order valence-electron chi connectivity index (χ2n) is 3.55. The number of carbonyl (C=O) groups excluding carboxylic acids is 1. The fourth-order valence-electron chi connectivity index (χ4n) is 1.34. The Labute approximate surface area is 88.9 Å². The first-order valence-electron chi connectivity index (χ1n) is 4.54. The zero-order valence-electron chi connectivity index (χ0n) is 9.19. The standard InChI is InChI=1S/C10H17NO4/c1-5(2)7(9(12)13)8(11)6(3)10(14)15-4/h6-8H,1,11H2,2-4H3,(H,12,13)/t6-,7+,8-/m1/s1. The van der Waals surface area contributed by atoms with Crippen LogP contribution in [0.4, 0.5) is 0 Å². The molecule has 0 aliphatic carbocycles. The highest BCUT2D eigenvalue weighted by Crippen LogP contribution is 2.19. The average Bonchev–Trinajstić information content (AvgIpc) is 2.14. The van der Waals surface area contributed by atoms with Crippen LogP contribution in [0, 0.1) is 11.8 Å². The SMILES string of the molecule is C=C(C)[C@H](C(=O)O)[C@H](N)[C@@H](C)C(=O)OC. The average molecular weight is 215 g/mol. The van der Waals surface area contributed by atoms with Crippen LogP contribution >= 0.6 is 0 Å². The molecule has 0 spiro atoms. The number of aliphatic carboxylic acids is 1. The number of carboxylic acids is 1. The van der Waals surface area contributed by atoms with Crippen molar-refractivity contribution in [3.05, 3.63) is 12.2 Å². The zero-order chi connectivity index (χ0) is 12.2. The third-order valence-electron chi connectivity index (χ3n) is 2.33. The largest absolute Gasteiger partial charge is 0.481 e. The van der Waals surface area contributed by atoms with Gasteiger partial charge in [0.25, 0.3) is 0 Å². The van der Waals surface area contributed by atoms with E-state index in [0.29, 0.717) is 5.57 Å². The molecule has 0 radical (unpaired) electrons. The molecular weight excluding hydrogens is 198 g/mol. The lowest BCUT2D eigenvalue weighted by molar-refractivity contribution is -0.147.